The molecule has 0 radical (unpaired) electrons. The highest BCUT2D eigenvalue weighted by Crippen LogP contribution is 2.29. The highest BCUT2D eigenvalue weighted by molar-refractivity contribution is 7.92. The maximum atomic E-state index is 12.4. The number of guanidine groups is 1. The third-order valence-electron chi connectivity index (χ3n) is 4.58. The molecule has 1 aliphatic heterocycles. The van der Waals surface area contributed by atoms with Crippen LogP contribution in [0.1, 0.15) is 25.3 Å². The second-order valence-corrected chi connectivity index (χ2v) is 9.03. The van der Waals surface area contributed by atoms with Crippen LogP contribution < -0.4 is 5.32 Å². The summed E-state index contributed by atoms with van der Waals surface area (Å²) >= 11 is 0. The third-order valence-corrected chi connectivity index (χ3v) is 6.69. The zero-order valence-corrected chi connectivity index (χ0v) is 16.3. The fourth-order valence-corrected chi connectivity index (χ4v) is 4.19. The summed E-state index contributed by atoms with van der Waals surface area (Å²) in [7, 11) is 0.589. The molecule has 0 aliphatic carbocycles. The molecule has 1 saturated heterocycles. The molecule has 1 aromatic rings. The quantitative estimate of drug-likeness (QED) is 0.576. The molecule has 0 unspecified atom stereocenters. The summed E-state index contributed by atoms with van der Waals surface area (Å²) in [6, 6.07) is 0. The third kappa shape index (κ3) is 4.94. The number of rotatable bonds is 6. The Hall–Kier alpha value is -1.61. The van der Waals surface area contributed by atoms with Gasteiger partial charge in [0.1, 0.15) is 0 Å². The van der Waals surface area contributed by atoms with E-state index in [0.29, 0.717) is 45.1 Å². The Morgan fingerprint density at radius 1 is 1.48 bits per heavy atom. The van der Waals surface area contributed by atoms with Crippen LogP contribution in [0.15, 0.2) is 17.4 Å². The van der Waals surface area contributed by atoms with Crippen LogP contribution in [0.4, 0.5) is 0 Å². The number of sulfone groups is 1. The number of aliphatic imine (C=N–C) groups is 1. The number of hydrogen-bond acceptors (Lipinski definition) is 5. The van der Waals surface area contributed by atoms with Crippen molar-refractivity contribution in [2.45, 2.75) is 31.1 Å². The van der Waals surface area contributed by atoms with Gasteiger partial charge in [0.25, 0.3) is 0 Å². The van der Waals surface area contributed by atoms with Crippen LogP contribution in [0.5, 0.6) is 0 Å². The van der Waals surface area contributed by atoms with Crippen molar-refractivity contribution in [2.75, 3.05) is 39.6 Å². The molecule has 1 aromatic heterocycles. The van der Waals surface area contributed by atoms with E-state index in [-0.39, 0.29) is 6.54 Å². The summed E-state index contributed by atoms with van der Waals surface area (Å²) in [6.07, 6.45) is 6.05. The van der Waals surface area contributed by atoms with Gasteiger partial charge in [-0.1, -0.05) is 0 Å². The van der Waals surface area contributed by atoms with Crippen molar-refractivity contribution < 1.29 is 13.2 Å². The number of hydrogen-bond donors (Lipinski definition) is 1. The van der Waals surface area contributed by atoms with E-state index in [1.54, 1.807) is 4.68 Å². The van der Waals surface area contributed by atoms with Crippen molar-refractivity contribution in [3.8, 4) is 0 Å². The van der Waals surface area contributed by atoms with E-state index in [2.05, 4.69) is 15.4 Å². The molecule has 0 bridgehead atoms. The van der Waals surface area contributed by atoms with E-state index in [1.165, 1.54) is 6.26 Å². The second kappa shape index (κ2) is 8.18. The summed E-state index contributed by atoms with van der Waals surface area (Å²) in [5.74, 6) is 0.695. The Labute approximate surface area is 150 Å². The van der Waals surface area contributed by atoms with Crippen molar-refractivity contribution in [2.24, 2.45) is 12.0 Å². The summed E-state index contributed by atoms with van der Waals surface area (Å²) in [5.41, 5.74) is 1.07. The Morgan fingerprint density at radius 3 is 2.68 bits per heavy atom. The van der Waals surface area contributed by atoms with Crippen molar-refractivity contribution in [1.82, 2.24) is 20.0 Å². The van der Waals surface area contributed by atoms with Crippen molar-refractivity contribution >= 4 is 15.8 Å². The van der Waals surface area contributed by atoms with E-state index < -0.39 is 14.6 Å². The topological polar surface area (TPSA) is 88.8 Å². The van der Waals surface area contributed by atoms with Crippen LogP contribution in [-0.4, -0.2) is 73.4 Å². The van der Waals surface area contributed by atoms with Gasteiger partial charge >= 0.3 is 0 Å². The fraction of sp³-hybridized carbons (Fsp3) is 0.750. The van der Waals surface area contributed by atoms with Gasteiger partial charge < -0.3 is 15.0 Å². The molecule has 2 heterocycles. The first-order chi connectivity index (χ1) is 11.8. The molecular weight excluding hydrogens is 342 g/mol. The summed E-state index contributed by atoms with van der Waals surface area (Å²) in [6.45, 7) is 4.53. The summed E-state index contributed by atoms with van der Waals surface area (Å²) in [4.78, 5) is 6.63. The Morgan fingerprint density at radius 2 is 2.16 bits per heavy atom. The van der Waals surface area contributed by atoms with Gasteiger partial charge in [0, 0.05) is 58.4 Å². The predicted octanol–water partition coefficient (Wildman–Crippen LogP) is 0.411. The van der Waals surface area contributed by atoms with E-state index in [4.69, 9.17) is 4.74 Å². The SMILES string of the molecule is CCNC(=NCC1(S(C)(=O)=O)CCOCC1)N(C)Cc1cnn(C)c1. The van der Waals surface area contributed by atoms with Gasteiger partial charge in [-0.2, -0.15) is 5.10 Å². The lowest BCUT2D eigenvalue weighted by molar-refractivity contribution is 0.0767. The largest absolute Gasteiger partial charge is 0.381 e. The second-order valence-electron chi connectivity index (χ2n) is 6.62. The van der Waals surface area contributed by atoms with Gasteiger partial charge in [0.15, 0.2) is 15.8 Å². The zero-order valence-electron chi connectivity index (χ0n) is 15.5. The van der Waals surface area contributed by atoms with Gasteiger partial charge in [0.05, 0.1) is 17.5 Å². The fourth-order valence-electron chi connectivity index (χ4n) is 2.98. The number of nitrogens with zero attached hydrogens (tertiary/aromatic N) is 4. The van der Waals surface area contributed by atoms with Crippen LogP contribution in [0.25, 0.3) is 0 Å². The number of aryl methyl sites for hydroxylation is 1. The monoisotopic (exact) mass is 371 g/mol. The van der Waals surface area contributed by atoms with Crippen molar-refractivity contribution in [1.29, 1.82) is 0 Å². The van der Waals surface area contributed by atoms with Gasteiger partial charge in [-0.15, -0.1) is 0 Å². The molecule has 25 heavy (non-hydrogen) atoms. The number of ether oxygens (including phenoxy) is 1. The molecule has 0 atom stereocenters. The molecule has 0 spiro atoms. The Kier molecular flexibility index (Phi) is 6.45. The maximum absolute atomic E-state index is 12.4. The lowest BCUT2D eigenvalue weighted by Crippen LogP contribution is -2.47. The molecule has 8 nitrogen and oxygen atoms in total. The molecule has 2 rings (SSSR count). The smallest absolute Gasteiger partial charge is 0.194 e. The molecular formula is C16H29N5O3S. The zero-order chi connectivity index (χ0) is 18.5. The minimum absolute atomic E-state index is 0.245. The van der Waals surface area contributed by atoms with Crippen LogP contribution in [-0.2, 0) is 28.2 Å². The number of nitrogens with one attached hydrogen (secondary N) is 1. The van der Waals surface area contributed by atoms with Crippen LogP contribution >= 0.6 is 0 Å². The lowest BCUT2D eigenvalue weighted by Gasteiger charge is -2.34. The maximum Gasteiger partial charge on any atom is 0.194 e. The molecule has 0 aromatic carbocycles. The summed E-state index contributed by atoms with van der Waals surface area (Å²) < 4.78 is 31.0. The Bertz CT molecular complexity index is 692. The average Bonchev–Trinajstić information content (AvgIpc) is 2.96. The van der Waals surface area contributed by atoms with Crippen LogP contribution in [0.3, 0.4) is 0 Å². The van der Waals surface area contributed by atoms with Crippen molar-refractivity contribution in [3.63, 3.8) is 0 Å². The lowest BCUT2D eigenvalue weighted by atomic mass is 9.99. The molecule has 9 heteroatoms. The molecule has 1 N–H and O–H groups in total. The highest BCUT2D eigenvalue weighted by atomic mass is 32.2. The standard InChI is InChI=1S/C16H29N5O3S/c1-5-17-15(20(2)11-14-10-19-21(3)12-14)18-13-16(25(4,22)23)6-8-24-9-7-16/h10,12H,5-9,11,13H2,1-4H3,(H,17,18). The first kappa shape index (κ1) is 19.7. The average molecular weight is 372 g/mol. The van der Waals surface area contributed by atoms with E-state index >= 15 is 0 Å². The van der Waals surface area contributed by atoms with Crippen LogP contribution in [0, 0.1) is 0 Å². The molecule has 1 aliphatic rings. The van der Waals surface area contributed by atoms with E-state index in [1.807, 2.05) is 38.3 Å². The van der Waals surface area contributed by atoms with Gasteiger partial charge in [-0.3, -0.25) is 9.67 Å². The highest BCUT2D eigenvalue weighted by Gasteiger charge is 2.42. The molecule has 0 amide bonds. The van der Waals surface area contributed by atoms with Gasteiger partial charge in [0.2, 0.25) is 0 Å². The van der Waals surface area contributed by atoms with Crippen LogP contribution in [0.2, 0.25) is 0 Å². The minimum Gasteiger partial charge on any atom is -0.381 e. The molecule has 1 fully saturated rings. The predicted molar refractivity (Wildman–Crippen MR) is 98.3 cm³/mol. The molecule has 0 saturated carbocycles. The first-order valence-corrected chi connectivity index (χ1v) is 10.4. The minimum atomic E-state index is -3.23. The molecule has 142 valence electrons. The van der Waals surface area contributed by atoms with E-state index in [0.717, 1.165) is 5.56 Å². The van der Waals surface area contributed by atoms with Gasteiger partial charge in [-0.25, -0.2) is 8.42 Å². The summed E-state index contributed by atoms with van der Waals surface area (Å²) in [5, 5.41) is 7.41. The van der Waals surface area contributed by atoms with Crippen molar-refractivity contribution in [3.05, 3.63) is 18.0 Å². The number of aromatic nitrogens is 2. The Balaban J connectivity index is 2.16. The normalized spacial score (nSPS) is 18.2. The van der Waals surface area contributed by atoms with E-state index in [9.17, 15) is 8.42 Å². The first-order valence-electron chi connectivity index (χ1n) is 8.52. The van der Waals surface area contributed by atoms with Gasteiger partial charge in [-0.05, 0) is 19.8 Å².